The van der Waals surface area contributed by atoms with Crippen LogP contribution in [0.4, 0.5) is 0 Å². The third kappa shape index (κ3) is 3.97. The molecule has 1 rings (SSSR count). The smallest absolute Gasteiger partial charge is 0.0129 e. The molecule has 16 heavy (non-hydrogen) atoms. The van der Waals surface area contributed by atoms with E-state index in [1.807, 2.05) is 0 Å². The monoisotopic (exact) mass is 221 g/mol. The van der Waals surface area contributed by atoms with E-state index in [4.69, 9.17) is 0 Å². The molecule has 0 aromatic heterocycles. The topological polar surface area (TPSA) is 26.0 Å². The van der Waals surface area contributed by atoms with Crippen LogP contribution in [0.3, 0.4) is 0 Å². The van der Waals surface area contributed by atoms with Crippen molar-refractivity contribution in [2.24, 2.45) is 5.73 Å². The zero-order valence-corrected chi connectivity index (χ0v) is 11.9. The first-order chi connectivity index (χ1) is 7.23. The first kappa shape index (κ1) is 15.2. The second-order valence-electron chi connectivity index (χ2n) is 6.05. The van der Waals surface area contributed by atoms with E-state index in [-0.39, 0.29) is 10.8 Å². The van der Waals surface area contributed by atoms with Gasteiger partial charge in [0.25, 0.3) is 0 Å². The van der Waals surface area contributed by atoms with Gasteiger partial charge in [0, 0.05) is 0 Å². The Morgan fingerprint density at radius 1 is 0.688 bits per heavy atom. The lowest BCUT2D eigenvalue weighted by Gasteiger charge is -2.29. The van der Waals surface area contributed by atoms with E-state index in [0.29, 0.717) is 0 Å². The average Bonchev–Trinajstić information content (AvgIpc) is 2.18. The third-order valence-corrected chi connectivity index (χ3v) is 2.54. The summed E-state index contributed by atoms with van der Waals surface area (Å²) < 4.78 is 0. The Labute approximate surface area is 101 Å². The predicted octanol–water partition coefficient (Wildman–Crippen LogP) is 3.86. The SMILES string of the molecule is CC(C)(C)c1ccccc1C(C)(C)C.CN. The highest BCUT2D eigenvalue weighted by Gasteiger charge is 2.23. The molecule has 1 aromatic carbocycles. The summed E-state index contributed by atoms with van der Waals surface area (Å²) >= 11 is 0. The minimum atomic E-state index is 0.240. The van der Waals surface area contributed by atoms with Crippen LogP contribution >= 0.6 is 0 Å². The molecule has 0 aliphatic rings. The van der Waals surface area contributed by atoms with Gasteiger partial charge < -0.3 is 5.73 Å². The molecule has 0 unspecified atom stereocenters. The van der Waals surface area contributed by atoms with Crippen molar-refractivity contribution in [3.8, 4) is 0 Å². The van der Waals surface area contributed by atoms with Crippen LogP contribution in [0.15, 0.2) is 24.3 Å². The number of hydrogen-bond acceptors (Lipinski definition) is 1. The van der Waals surface area contributed by atoms with Gasteiger partial charge >= 0.3 is 0 Å². The average molecular weight is 221 g/mol. The van der Waals surface area contributed by atoms with E-state index in [2.05, 4.69) is 71.5 Å². The number of rotatable bonds is 0. The first-order valence-corrected chi connectivity index (χ1v) is 5.90. The standard InChI is InChI=1S/C14H22.CH5N/c1-13(2,3)11-9-7-8-10-12(11)14(4,5)6;1-2/h7-10H,1-6H3;2H2,1H3. The summed E-state index contributed by atoms with van der Waals surface area (Å²) in [4.78, 5) is 0. The molecule has 0 aliphatic heterocycles. The number of benzene rings is 1. The van der Waals surface area contributed by atoms with Crippen molar-refractivity contribution in [1.82, 2.24) is 0 Å². The fraction of sp³-hybridized carbons (Fsp3) is 0.600. The lowest BCUT2D eigenvalue weighted by molar-refractivity contribution is 0.530. The molecule has 0 aliphatic carbocycles. The Balaban J connectivity index is 0.00000106. The number of hydrogen-bond donors (Lipinski definition) is 1. The highest BCUT2D eigenvalue weighted by Crippen LogP contribution is 2.33. The summed E-state index contributed by atoms with van der Waals surface area (Å²) in [7, 11) is 1.50. The van der Waals surface area contributed by atoms with Crippen LogP contribution in [0, 0.1) is 0 Å². The third-order valence-electron chi connectivity index (χ3n) is 2.54. The van der Waals surface area contributed by atoms with Gasteiger partial charge in [-0.15, -0.1) is 0 Å². The molecule has 0 saturated carbocycles. The molecule has 0 atom stereocenters. The van der Waals surface area contributed by atoms with Gasteiger partial charge in [-0.05, 0) is 29.0 Å². The molecule has 0 radical (unpaired) electrons. The minimum Gasteiger partial charge on any atom is -0.333 e. The highest BCUT2D eigenvalue weighted by molar-refractivity contribution is 5.37. The molecule has 1 aromatic rings. The van der Waals surface area contributed by atoms with E-state index >= 15 is 0 Å². The van der Waals surface area contributed by atoms with Gasteiger partial charge in [0.1, 0.15) is 0 Å². The molecule has 1 nitrogen and oxygen atoms in total. The molecule has 0 heterocycles. The molecular weight excluding hydrogens is 194 g/mol. The lowest BCUT2D eigenvalue weighted by Crippen LogP contribution is -2.21. The first-order valence-electron chi connectivity index (χ1n) is 5.90. The molecular formula is C15H27N. The van der Waals surface area contributed by atoms with Crippen LogP contribution in [-0.4, -0.2) is 7.05 Å². The van der Waals surface area contributed by atoms with Crippen LogP contribution in [-0.2, 0) is 10.8 Å². The summed E-state index contributed by atoms with van der Waals surface area (Å²) in [6, 6.07) is 8.77. The van der Waals surface area contributed by atoms with Crippen molar-refractivity contribution in [1.29, 1.82) is 0 Å². The summed E-state index contributed by atoms with van der Waals surface area (Å²) in [6.07, 6.45) is 0. The summed E-state index contributed by atoms with van der Waals surface area (Å²) in [6.45, 7) is 13.7. The zero-order valence-electron chi connectivity index (χ0n) is 11.9. The van der Waals surface area contributed by atoms with Gasteiger partial charge in [0.15, 0.2) is 0 Å². The van der Waals surface area contributed by atoms with Crippen molar-refractivity contribution in [2.45, 2.75) is 52.4 Å². The molecule has 0 spiro atoms. The fourth-order valence-corrected chi connectivity index (χ4v) is 1.79. The van der Waals surface area contributed by atoms with Crippen LogP contribution in [0.1, 0.15) is 52.7 Å². The van der Waals surface area contributed by atoms with Crippen LogP contribution in [0.5, 0.6) is 0 Å². The van der Waals surface area contributed by atoms with Gasteiger partial charge in [-0.25, -0.2) is 0 Å². The Hall–Kier alpha value is -0.820. The maximum Gasteiger partial charge on any atom is -0.0129 e. The molecule has 2 N–H and O–H groups in total. The molecule has 0 saturated heterocycles. The fourth-order valence-electron chi connectivity index (χ4n) is 1.79. The van der Waals surface area contributed by atoms with Gasteiger partial charge in [-0.3, -0.25) is 0 Å². The van der Waals surface area contributed by atoms with E-state index in [1.54, 1.807) is 0 Å². The molecule has 92 valence electrons. The lowest BCUT2D eigenvalue weighted by atomic mass is 9.75. The van der Waals surface area contributed by atoms with E-state index in [1.165, 1.54) is 18.2 Å². The van der Waals surface area contributed by atoms with E-state index in [9.17, 15) is 0 Å². The quantitative estimate of drug-likeness (QED) is 0.707. The minimum absolute atomic E-state index is 0.240. The summed E-state index contributed by atoms with van der Waals surface area (Å²) in [5.74, 6) is 0. The zero-order chi connectivity index (χ0) is 13.0. The maximum absolute atomic E-state index is 4.50. The maximum atomic E-state index is 4.50. The second kappa shape index (κ2) is 5.49. The van der Waals surface area contributed by atoms with Crippen molar-refractivity contribution in [2.75, 3.05) is 7.05 Å². The Bertz CT molecular complexity index is 280. The molecule has 1 heteroatoms. The van der Waals surface area contributed by atoms with Crippen molar-refractivity contribution >= 4 is 0 Å². The van der Waals surface area contributed by atoms with Gasteiger partial charge in [0.2, 0.25) is 0 Å². The Morgan fingerprint density at radius 2 is 0.938 bits per heavy atom. The van der Waals surface area contributed by atoms with Gasteiger partial charge in [-0.2, -0.15) is 0 Å². The Kier molecular flexibility index (Phi) is 5.21. The normalized spacial score (nSPS) is 11.8. The van der Waals surface area contributed by atoms with Crippen molar-refractivity contribution in [3.05, 3.63) is 35.4 Å². The van der Waals surface area contributed by atoms with Crippen LogP contribution < -0.4 is 5.73 Å². The van der Waals surface area contributed by atoms with Crippen LogP contribution in [0.2, 0.25) is 0 Å². The highest BCUT2D eigenvalue weighted by atomic mass is 14.4. The van der Waals surface area contributed by atoms with Gasteiger partial charge in [0.05, 0.1) is 0 Å². The second-order valence-corrected chi connectivity index (χ2v) is 6.05. The van der Waals surface area contributed by atoms with E-state index in [0.717, 1.165) is 0 Å². The molecule has 0 bridgehead atoms. The van der Waals surface area contributed by atoms with Crippen LogP contribution in [0.25, 0.3) is 0 Å². The number of nitrogens with two attached hydrogens (primary N) is 1. The van der Waals surface area contributed by atoms with Crippen molar-refractivity contribution in [3.63, 3.8) is 0 Å². The summed E-state index contributed by atoms with van der Waals surface area (Å²) in [5, 5.41) is 0. The summed E-state index contributed by atoms with van der Waals surface area (Å²) in [5.41, 5.74) is 7.91. The largest absolute Gasteiger partial charge is 0.333 e. The molecule has 0 fully saturated rings. The van der Waals surface area contributed by atoms with Gasteiger partial charge in [-0.1, -0.05) is 65.8 Å². The molecule has 0 amide bonds. The predicted molar refractivity (Wildman–Crippen MR) is 74.0 cm³/mol. The Morgan fingerprint density at radius 3 is 1.12 bits per heavy atom. The van der Waals surface area contributed by atoms with E-state index < -0.39 is 0 Å². The van der Waals surface area contributed by atoms with Crippen molar-refractivity contribution < 1.29 is 0 Å².